The van der Waals surface area contributed by atoms with E-state index >= 15 is 0 Å². The van der Waals surface area contributed by atoms with Crippen molar-refractivity contribution in [1.29, 1.82) is 0 Å². The van der Waals surface area contributed by atoms with Crippen molar-refractivity contribution >= 4 is 0 Å². The highest BCUT2D eigenvalue weighted by atomic mass is 15.3. The van der Waals surface area contributed by atoms with Crippen molar-refractivity contribution in [3.05, 3.63) is 12.2 Å². The molecule has 0 aliphatic heterocycles. The lowest BCUT2D eigenvalue weighted by atomic mass is 9.97. The summed E-state index contributed by atoms with van der Waals surface area (Å²) in [5.41, 5.74) is 2.89. The van der Waals surface area contributed by atoms with Crippen LogP contribution >= 0.6 is 0 Å². The van der Waals surface area contributed by atoms with Crippen molar-refractivity contribution in [1.82, 2.24) is 20.2 Å². The third kappa shape index (κ3) is 4.09. The Morgan fingerprint density at radius 3 is 2.65 bits per heavy atom. The van der Waals surface area contributed by atoms with Crippen molar-refractivity contribution in [2.75, 3.05) is 0 Å². The lowest BCUT2D eigenvalue weighted by molar-refractivity contribution is 0.381. The first-order valence-electron chi connectivity index (χ1n) is 6.42. The molecule has 5 nitrogen and oxygen atoms in total. The highest BCUT2D eigenvalue weighted by molar-refractivity contribution is 4.91. The van der Waals surface area contributed by atoms with Crippen LogP contribution in [0.3, 0.4) is 0 Å². The summed E-state index contributed by atoms with van der Waals surface area (Å²) in [4.78, 5) is 4.31. The molecule has 0 aliphatic rings. The smallest absolute Gasteiger partial charge is 0.138 e. The van der Waals surface area contributed by atoms with Crippen LogP contribution in [0.15, 0.2) is 6.33 Å². The zero-order valence-corrected chi connectivity index (χ0v) is 11.3. The second kappa shape index (κ2) is 6.71. The van der Waals surface area contributed by atoms with E-state index in [-0.39, 0.29) is 6.04 Å². The summed E-state index contributed by atoms with van der Waals surface area (Å²) >= 11 is 0. The Kier molecular flexibility index (Phi) is 5.58. The van der Waals surface area contributed by atoms with Gasteiger partial charge in [0.15, 0.2) is 0 Å². The van der Waals surface area contributed by atoms with Gasteiger partial charge < -0.3 is 0 Å². The van der Waals surface area contributed by atoms with Gasteiger partial charge in [0.2, 0.25) is 0 Å². The predicted octanol–water partition coefficient (Wildman–Crippen LogP) is 1.67. The van der Waals surface area contributed by atoms with E-state index in [1.165, 1.54) is 6.42 Å². The van der Waals surface area contributed by atoms with Crippen molar-refractivity contribution in [2.24, 2.45) is 11.8 Å². The van der Waals surface area contributed by atoms with Crippen LogP contribution in [0.25, 0.3) is 0 Å². The van der Waals surface area contributed by atoms with Gasteiger partial charge in [-0.15, -0.1) is 0 Å². The molecule has 0 fully saturated rings. The average molecular weight is 239 g/mol. The highest BCUT2D eigenvalue weighted by Gasteiger charge is 2.16. The van der Waals surface area contributed by atoms with Gasteiger partial charge in [0.05, 0.1) is 0 Å². The monoisotopic (exact) mass is 239 g/mol. The molecule has 1 aromatic heterocycles. The largest absolute Gasteiger partial charge is 0.271 e. The van der Waals surface area contributed by atoms with E-state index in [0.717, 1.165) is 18.7 Å². The molecule has 0 aromatic carbocycles. The third-order valence-electron chi connectivity index (χ3n) is 3.18. The Labute approximate surface area is 104 Å². The SMILES string of the molecule is CCC(C)CC(Cc1ncnn1C(C)C)NN. The zero-order chi connectivity index (χ0) is 12.8. The van der Waals surface area contributed by atoms with Gasteiger partial charge >= 0.3 is 0 Å². The molecule has 98 valence electrons. The van der Waals surface area contributed by atoms with Crippen molar-refractivity contribution in [3.63, 3.8) is 0 Å². The summed E-state index contributed by atoms with van der Waals surface area (Å²) in [6.45, 7) is 8.67. The Morgan fingerprint density at radius 2 is 2.12 bits per heavy atom. The van der Waals surface area contributed by atoms with Crippen LogP contribution in [0.2, 0.25) is 0 Å². The second-order valence-electron chi connectivity index (χ2n) is 5.03. The highest BCUT2D eigenvalue weighted by Crippen LogP contribution is 2.14. The maximum absolute atomic E-state index is 5.61. The summed E-state index contributed by atoms with van der Waals surface area (Å²) in [6, 6.07) is 0.612. The van der Waals surface area contributed by atoms with Gasteiger partial charge in [-0.3, -0.25) is 11.3 Å². The molecule has 17 heavy (non-hydrogen) atoms. The van der Waals surface area contributed by atoms with Crippen molar-refractivity contribution in [3.8, 4) is 0 Å². The van der Waals surface area contributed by atoms with E-state index in [9.17, 15) is 0 Å². The first-order valence-corrected chi connectivity index (χ1v) is 6.42. The van der Waals surface area contributed by atoms with Crippen LogP contribution in [0.4, 0.5) is 0 Å². The number of hydrogen-bond acceptors (Lipinski definition) is 4. The fourth-order valence-electron chi connectivity index (χ4n) is 1.93. The van der Waals surface area contributed by atoms with E-state index in [0.29, 0.717) is 12.0 Å². The molecule has 0 saturated carbocycles. The topological polar surface area (TPSA) is 68.8 Å². The number of nitrogens with two attached hydrogens (primary N) is 1. The predicted molar refractivity (Wildman–Crippen MR) is 69.3 cm³/mol. The molecular formula is C12H25N5. The van der Waals surface area contributed by atoms with E-state index in [1.54, 1.807) is 6.33 Å². The number of rotatable bonds is 7. The molecule has 0 aliphatic carbocycles. The molecule has 2 atom stereocenters. The quantitative estimate of drug-likeness (QED) is 0.561. The fourth-order valence-corrected chi connectivity index (χ4v) is 1.93. The van der Waals surface area contributed by atoms with Gasteiger partial charge in [0.25, 0.3) is 0 Å². The molecular weight excluding hydrogens is 214 g/mol. The summed E-state index contributed by atoms with van der Waals surface area (Å²) in [7, 11) is 0. The lowest BCUT2D eigenvalue weighted by Gasteiger charge is -2.20. The van der Waals surface area contributed by atoms with Gasteiger partial charge in [0, 0.05) is 18.5 Å². The molecule has 5 heteroatoms. The van der Waals surface area contributed by atoms with Crippen LogP contribution in [0.5, 0.6) is 0 Å². The van der Waals surface area contributed by atoms with Gasteiger partial charge in [0.1, 0.15) is 12.2 Å². The molecule has 0 spiro atoms. The van der Waals surface area contributed by atoms with Crippen LogP contribution in [0.1, 0.15) is 52.4 Å². The van der Waals surface area contributed by atoms with Crippen LogP contribution in [-0.2, 0) is 6.42 Å². The number of aromatic nitrogens is 3. The third-order valence-corrected chi connectivity index (χ3v) is 3.18. The number of nitrogens with zero attached hydrogens (tertiary/aromatic N) is 3. The zero-order valence-electron chi connectivity index (χ0n) is 11.3. The molecule has 0 saturated heterocycles. The van der Waals surface area contributed by atoms with Gasteiger partial charge in [-0.25, -0.2) is 9.67 Å². The average Bonchev–Trinajstić information content (AvgIpc) is 2.76. The first-order chi connectivity index (χ1) is 8.08. The summed E-state index contributed by atoms with van der Waals surface area (Å²) in [6.07, 6.45) is 4.69. The second-order valence-corrected chi connectivity index (χ2v) is 5.03. The van der Waals surface area contributed by atoms with Gasteiger partial charge in [-0.05, 0) is 26.2 Å². The van der Waals surface area contributed by atoms with E-state index < -0.39 is 0 Å². The van der Waals surface area contributed by atoms with Gasteiger partial charge in [-0.2, -0.15) is 5.10 Å². The van der Waals surface area contributed by atoms with Crippen molar-refractivity contribution in [2.45, 2.75) is 59.0 Å². The van der Waals surface area contributed by atoms with Crippen LogP contribution in [0, 0.1) is 5.92 Å². The van der Waals surface area contributed by atoms with Gasteiger partial charge in [-0.1, -0.05) is 20.3 Å². The number of hydrogen-bond donors (Lipinski definition) is 2. The summed E-state index contributed by atoms with van der Waals surface area (Å²) in [5, 5.41) is 4.24. The van der Waals surface area contributed by atoms with E-state index in [1.807, 2.05) is 4.68 Å². The Morgan fingerprint density at radius 1 is 1.41 bits per heavy atom. The maximum atomic E-state index is 5.61. The number of hydrazine groups is 1. The first kappa shape index (κ1) is 14.1. The number of nitrogens with one attached hydrogen (secondary N) is 1. The van der Waals surface area contributed by atoms with E-state index in [4.69, 9.17) is 5.84 Å². The Balaban J connectivity index is 2.64. The molecule has 1 rings (SSSR count). The molecule has 1 aromatic rings. The minimum atomic E-state index is 0.270. The Hall–Kier alpha value is -0.940. The lowest BCUT2D eigenvalue weighted by Crippen LogP contribution is -2.38. The molecule has 1 heterocycles. The summed E-state index contributed by atoms with van der Waals surface area (Å²) in [5.74, 6) is 7.29. The maximum Gasteiger partial charge on any atom is 0.138 e. The molecule has 3 N–H and O–H groups in total. The standard InChI is InChI=1S/C12H25N5/c1-5-10(4)6-11(16-13)7-12-14-8-15-17(12)9(2)3/h8-11,16H,5-7,13H2,1-4H3. The normalized spacial score (nSPS) is 15.2. The minimum absolute atomic E-state index is 0.270. The van der Waals surface area contributed by atoms with Crippen LogP contribution < -0.4 is 11.3 Å². The van der Waals surface area contributed by atoms with Crippen molar-refractivity contribution < 1.29 is 0 Å². The Bertz CT molecular complexity index is 320. The molecule has 0 radical (unpaired) electrons. The molecule has 2 unspecified atom stereocenters. The van der Waals surface area contributed by atoms with Crippen LogP contribution in [-0.4, -0.2) is 20.8 Å². The fraction of sp³-hybridized carbons (Fsp3) is 0.833. The molecule has 0 bridgehead atoms. The minimum Gasteiger partial charge on any atom is -0.271 e. The summed E-state index contributed by atoms with van der Waals surface area (Å²) < 4.78 is 1.96. The molecule has 0 amide bonds. The van der Waals surface area contributed by atoms with E-state index in [2.05, 4.69) is 43.2 Å².